The lowest BCUT2D eigenvalue weighted by Crippen LogP contribution is -2.53. The molecule has 0 bridgehead atoms. The predicted octanol–water partition coefficient (Wildman–Crippen LogP) is 5.59. The summed E-state index contributed by atoms with van der Waals surface area (Å²) < 4.78 is 5.57. The molecular formula is C38H50N4O6. The van der Waals surface area contributed by atoms with Crippen LogP contribution in [0.3, 0.4) is 0 Å². The van der Waals surface area contributed by atoms with Gasteiger partial charge in [0.25, 0.3) is 0 Å². The first-order chi connectivity index (χ1) is 23.3. The Morgan fingerprint density at radius 2 is 1.42 bits per heavy atom. The van der Waals surface area contributed by atoms with Gasteiger partial charge in [-0.25, -0.2) is 9.59 Å². The molecular weight excluding hydrogens is 608 g/mol. The van der Waals surface area contributed by atoms with Crippen LogP contribution in [-0.2, 0) is 32.1 Å². The minimum absolute atomic E-state index is 0.217. The Labute approximate surface area is 283 Å². The summed E-state index contributed by atoms with van der Waals surface area (Å²) in [6, 6.07) is 24.5. The molecule has 0 heterocycles. The van der Waals surface area contributed by atoms with Gasteiger partial charge < -0.3 is 31.5 Å². The Kier molecular flexibility index (Phi) is 16.7. The molecule has 0 aliphatic heterocycles. The van der Waals surface area contributed by atoms with E-state index in [2.05, 4.69) is 16.0 Å². The van der Waals surface area contributed by atoms with E-state index in [0.29, 0.717) is 45.3 Å². The second-order valence-corrected chi connectivity index (χ2v) is 11.9. The molecule has 0 radical (unpaired) electrons. The molecule has 0 fully saturated rings. The van der Waals surface area contributed by atoms with Crippen molar-refractivity contribution in [2.24, 2.45) is 11.7 Å². The maximum atomic E-state index is 13.6. The molecule has 3 atom stereocenters. The number of carboxylic acid groups (broad SMARTS) is 1. The van der Waals surface area contributed by atoms with Gasteiger partial charge in [-0.2, -0.15) is 0 Å². The van der Waals surface area contributed by atoms with Crippen molar-refractivity contribution in [2.75, 3.05) is 13.2 Å². The molecule has 0 saturated carbocycles. The summed E-state index contributed by atoms with van der Waals surface area (Å²) in [5.41, 5.74) is 9.45. The molecule has 3 aromatic carbocycles. The quantitative estimate of drug-likeness (QED) is 0.0737. The third kappa shape index (κ3) is 13.2. The average molecular weight is 659 g/mol. The monoisotopic (exact) mass is 658 g/mol. The topological polar surface area (TPSA) is 160 Å². The number of ether oxygens (including phenoxy) is 1. The highest BCUT2D eigenvalue weighted by Crippen LogP contribution is 2.23. The van der Waals surface area contributed by atoms with Crippen LogP contribution in [0, 0.1) is 5.92 Å². The predicted molar refractivity (Wildman–Crippen MR) is 187 cm³/mol. The lowest BCUT2D eigenvalue weighted by atomic mass is 9.93. The number of rotatable bonds is 21. The molecule has 3 rings (SSSR count). The Morgan fingerprint density at radius 1 is 0.771 bits per heavy atom. The first kappa shape index (κ1) is 37.8. The van der Waals surface area contributed by atoms with Crippen molar-refractivity contribution in [3.8, 4) is 11.1 Å². The van der Waals surface area contributed by atoms with Gasteiger partial charge in [-0.15, -0.1) is 0 Å². The number of hydrogen-bond donors (Lipinski definition) is 5. The van der Waals surface area contributed by atoms with Crippen LogP contribution in [0.25, 0.3) is 11.1 Å². The Bertz CT molecular complexity index is 1420. The van der Waals surface area contributed by atoms with Gasteiger partial charge in [-0.05, 0) is 80.2 Å². The second kappa shape index (κ2) is 21.2. The SMILES string of the molecule is CCCCOC(=O)C(CCCC(NC(=O)NC(CCCCN)C(=O)O)C(=O)NCc1ccccc1-c1ccccc1)Cc1ccccc1. The third-order valence-corrected chi connectivity index (χ3v) is 8.17. The minimum atomic E-state index is -1.16. The number of aliphatic carboxylic acids is 1. The fourth-order valence-corrected chi connectivity index (χ4v) is 5.46. The van der Waals surface area contributed by atoms with Crippen molar-refractivity contribution in [3.05, 3.63) is 96.1 Å². The van der Waals surface area contributed by atoms with E-state index in [1.54, 1.807) is 0 Å². The van der Waals surface area contributed by atoms with E-state index < -0.39 is 35.9 Å². The van der Waals surface area contributed by atoms with Crippen LogP contribution in [0.4, 0.5) is 4.79 Å². The van der Waals surface area contributed by atoms with Crippen molar-refractivity contribution >= 4 is 23.9 Å². The number of amides is 3. The molecule has 3 amide bonds. The van der Waals surface area contributed by atoms with E-state index in [9.17, 15) is 24.3 Å². The highest BCUT2D eigenvalue weighted by atomic mass is 16.5. The van der Waals surface area contributed by atoms with E-state index in [1.807, 2.05) is 91.9 Å². The highest BCUT2D eigenvalue weighted by molar-refractivity contribution is 5.89. The number of unbranched alkanes of at least 4 members (excludes halogenated alkanes) is 2. The molecule has 0 saturated heterocycles. The molecule has 0 spiro atoms. The van der Waals surface area contributed by atoms with Crippen LogP contribution >= 0.6 is 0 Å². The average Bonchev–Trinajstić information content (AvgIpc) is 3.10. The largest absolute Gasteiger partial charge is 0.480 e. The van der Waals surface area contributed by atoms with Crippen molar-refractivity contribution < 1.29 is 29.0 Å². The fraction of sp³-hybridized carbons (Fsp3) is 0.421. The summed E-state index contributed by atoms with van der Waals surface area (Å²) in [5, 5.41) is 17.8. The molecule has 10 nitrogen and oxygen atoms in total. The van der Waals surface area contributed by atoms with Gasteiger partial charge in [0.1, 0.15) is 12.1 Å². The molecule has 48 heavy (non-hydrogen) atoms. The van der Waals surface area contributed by atoms with Crippen LogP contribution in [0.2, 0.25) is 0 Å². The number of carbonyl (C=O) groups excluding carboxylic acids is 3. The normalized spacial score (nSPS) is 12.7. The summed E-state index contributed by atoms with van der Waals surface area (Å²) in [5.74, 6) is -2.27. The Morgan fingerprint density at radius 3 is 2.10 bits per heavy atom. The third-order valence-electron chi connectivity index (χ3n) is 8.17. The molecule has 0 aliphatic carbocycles. The molecule has 10 heteroatoms. The Hall–Kier alpha value is -4.70. The van der Waals surface area contributed by atoms with Crippen LogP contribution in [0.15, 0.2) is 84.9 Å². The minimum Gasteiger partial charge on any atom is -0.480 e. The zero-order valence-electron chi connectivity index (χ0n) is 27.9. The lowest BCUT2D eigenvalue weighted by Gasteiger charge is -2.22. The summed E-state index contributed by atoms with van der Waals surface area (Å²) in [7, 11) is 0. The summed E-state index contributed by atoms with van der Waals surface area (Å²) in [6.07, 6.45) is 4.69. The molecule has 6 N–H and O–H groups in total. The second-order valence-electron chi connectivity index (χ2n) is 11.9. The first-order valence-electron chi connectivity index (χ1n) is 16.9. The van der Waals surface area contributed by atoms with Crippen LogP contribution in [-0.4, -0.2) is 54.2 Å². The van der Waals surface area contributed by atoms with Gasteiger partial charge in [-0.1, -0.05) is 98.3 Å². The molecule has 258 valence electrons. The van der Waals surface area contributed by atoms with E-state index in [0.717, 1.165) is 35.1 Å². The highest BCUT2D eigenvalue weighted by Gasteiger charge is 2.26. The number of hydrogen-bond acceptors (Lipinski definition) is 6. The number of nitrogens with one attached hydrogen (secondary N) is 3. The van der Waals surface area contributed by atoms with Crippen molar-refractivity contribution in [1.29, 1.82) is 0 Å². The number of urea groups is 1. The van der Waals surface area contributed by atoms with Crippen LogP contribution in [0.5, 0.6) is 0 Å². The molecule has 0 aliphatic rings. The molecule has 3 unspecified atom stereocenters. The Balaban J connectivity index is 1.73. The van der Waals surface area contributed by atoms with Crippen molar-refractivity contribution in [2.45, 2.75) is 83.3 Å². The lowest BCUT2D eigenvalue weighted by molar-refractivity contribution is -0.149. The smallest absolute Gasteiger partial charge is 0.326 e. The summed E-state index contributed by atoms with van der Waals surface area (Å²) in [6.45, 7) is 3.03. The van der Waals surface area contributed by atoms with Gasteiger partial charge in [-0.3, -0.25) is 9.59 Å². The number of carbonyl (C=O) groups is 4. The van der Waals surface area contributed by atoms with E-state index in [-0.39, 0.29) is 25.4 Å². The zero-order valence-corrected chi connectivity index (χ0v) is 27.9. The van der Waals surface area contributed by atoms with Gasteiger partial charge >= 0.3 is 18.0 Å². The van der Waals surface area contributed by atoms with Gasteiger partial charge in [0.15, 0.2) is 0 Å². The van der Waals surface area contributed by atoms with Crippen LogP contribution in [0.1, 0.15) is 69.4 Å². The number of benzene rings is 3. The summed E-state index contributed by atoms with van der Waals surface area (Å²) in [4.78, 5) is 51.6. The maximum Gasteiger partial charge on any atom is 0.326 e. The van der Waals surface area contributed by atoms with Crippen molar-refractivity contribution in [3.63, 3.8) is 0 Å². The van der Waals surface area contributed by atoms with Crippen LogP contribution < -0.4 is 21.7 Å². The molecule has 0 aromatic heterocycles. The zero-order chi connectivity index (χ0) is 34.6. The first-order valence-corrected chi connectivity index (χ1v) is 16.9. The number of nitrogens with two attached hydrogens (primary N) is 1. The van der Waals surface area contributed by atoms with Crippen molar-refractivity contribution in [1.82, 2.24) is 16.0 Å². The number of esters is 1. The van der Waals surface area contributed by atoms with E-state index >= 15 is 0 Å². The van der Waals surface area contributed by atoms with E-state index in [4.69, 9.17) is 10.5 Å². The van der Waals surface area contributed by atoms with Gasteiger partial charge in [0.2, 0.25) is 5.91 Å². The number of carboxylic acids is 1. The maximum absolute atomic E-state index is 13.6. The van der Waals surface area contributed by atoms with Gasteiger partial charge in [0, 0.05) is 6.54 Å². The fourth-order valence-electron chi connectivity index (χ4n) is 5.46. The van der Waals surface area contributed by atoms with E-state index in [1.165, 1.54) is 0 Å². The summed E-state index contributed by atoms with van der Waals surface area (Å²) >= 11 is 0. The van der Waals surface area contributed by atoms with Gasteiger partial charge in [0.05, 0.1) is 12.5 Å². The molecule has 3 aromatic rings. The standard InChI is InChI=1S/C38H50N4O6/c1-2-3-25-48-37(46)30(26-28-15-6-4-7-16-28)20-14-23-33(41-38(47)42-34(36(44)45)22-12-13-24-39)35(43)40-27-31-19-10-11-21-32(31)29-17-8-5-9-18-29/h4-11,15-19,21,30,33-34H,2-3,12-14,20,22-27,39H2,1H3,(H,40,43)(H,44,45)(H2,41,42,47).